The van der Waals surface area contributed by atoms with E-state index in [1.807, 2.05) is 0 Å². The Labute approximate surface area is 95.3 Å². The maximum Gasteiger partial charge on any atom is 0.303 e. The highest BCUT2D eigenvalue weighted by Crippen LogP contribution is 2.27. The fourth-order valence-corrected chi connectivity index (χ4v) is 2.34. The number of hydrogen-bond donors (Lipinski definition) is 1. The summed E-state index contributed by atoms with van der Waals surface area (Å²) < 4.78 is 11.3. The number of ether oxygens (including phenoxy) is 2. The largest absolute Gasteiger partial charge is 0.481 e. The quantitative estimate of drug-likeness (QED) is 0.762. The number of nitrogens with zero attached hydrogens (tertiary/aromatic N) is 1. The zero-order chi connectivity index (χ0) is 11.5. The Kier molecular flexibility index (Phi) is 3.78. The van der Waals surface area contributed by atoms with E-state index < -0.39 is 5.97 Å². The highest BCUT2D eigenvalue weighted by molar-refractivity contribution is 5.66. The zero-order valence-corrected chi connectivity index (χ0v) is 9.59. The summed E-state index contributed by atoms with van der Waals surface area (Å²) in [5.41, 5.74) is 0. The van der Waals surface area contributed by atoms with E-state index in [1.165, 1.54) is 0 Å². The molecular formula is C11H19NO4. The summed E-state index contributed by atoms with van der Waals surface area (Å²) in [6, 6.07) is 0. The Hall–Kier alpha value is -0.650. The molecule has 0 aromatic heterocycles. The summed E-state index contributed by atoms with van der Waals surface area (Å²) in [5, 5.41) is 8.58. The number of carboxylic acids is 1. The van der Waals surface area contributed by atoms with Crippen LogP contribution >= 0.6 is 0 Å². The van der Waals surface area contributed by atoms with Crippen molar-refractivity contribution < 1.29 is 19.4 Å². The molecule has 5 heteroatoms. The summed E-state index contributed by atoms with van der Waals surface area (Å²) in [7, 11) is 2.09. The van der Waals surface area contributed by atoms with E-state index in [4.69, 9.17) is 14.6 Å². The molecule has 0 aliphatic carbocycles. The number of aliphatic carboxylic acids is 1. The van der Waals surface area contributed by atoms with Crippen LogP contribution in [0.5, 0.6) is 0 Å². The number of likely N-dealkylation sites (tertiary alicyclic amines) is 1. The lowest BCUT2D eigenvalue weighted by Gasteiger charge is -2.17. The van der Waals surface area contributed by atoms with Crippen LogP contribution in [0.3, 0.4) is 0 Å². The van der Waals surface area contributed by atoms with E-state index >= 15 is 0 Å². The molecule has 5 nitrogen and oxygen atoms in total. The van der Waals surface area contributed by atoms with E-state index in [0.717, 1.165) is 19.5 Å². The van der Waals surface area contributed by atoms with Gasteiger partial charge in [0.1, 0.15) is 0 Å². The van der Waals surface area contributed by atoms with Gasteiger partial charge in [-0.15, -0.1) is 0 Å². The van der Waals surface area contributed by atoms with Gasteiger partial charge in [0.15, 0.2) is 6.29 Å². The molecule has 2 aliphatic heterocycles. The standard InChI is InChI=1S/C11H19NO4/c1-12-5-4-8(6-12)11-15-7-9(16-11)2-3-10(13)14/h8-9,11H,2-7H2,1H3,(H,13,14). The zero-order valence-electron chi connectivity index (χ0n) is 9.59. The number of rotatable bonds is 4. The van der Waals surface area contributed by atoms with Crippen LogP contribution in [-0.2, 0) is 14.3 Å². The molecule has 0 aromatic carbocycles. The van der Waals surface area contributed by atoms with Gasteiger partial charge in [-0.05, 0) is 26.4 Å². The normalized spacial score (nSPS) is 35.7. The van der Waals surface area contributed by atoms with Gasteiger partial charge < -0.3 is 19.5 Å². The van der Waals surface area contributed by atoms with Crippen LogP contribution in [0, 0.1) is 5.92 Å². The monoisotopic (exact) mass is 229 g/mol. The first-order valence-electron chi connectivity index (χ1n) is 5.82. The van der Waals surface area contributed by atoms with Crippen molar-refractivity contribution in [1.29, 1.82) is 0 Å². The second-order valence-corrected chi connectivity index (χ2v) is 4.70. The molecule has 2 heterocycles. The fraction of sp³-hybridized carbons (Fsp3) is 0.909. The van der Waals surface area contributed by atoms with E-state index in [-0.39, 0.29) is 18.8 Å². The van der Waals surface area contributed by atoms with Crippen molar-refractivity contribution in [2.24, 2.45) is 5.92 Å². The van der Waals surface area contributed by atoms with E-state index in [1.54, 1.807) is 0 Å². The van der Waals surface area contributed by atoms with Gasteiger partial charge in [0, 0.05) is 18.9 Å². The highest BCUT2D eigenvalue weighted by atomic mass is 16.7. The first-order valence-corrected chi connectivity index (χ1v) is 5.82. The van der Waals surface area contributed by atoms with Gasteiger partial charge >= 0.3 is 5.97 Å². The second-order valence-electron chi connectivity index (χ2n) is 4.70. The summed E-state index contributed by atoms with van der Waals surface area (Å²) in [6.07, 6.45) is 1.66. The molecule has 2 fully saturated rings. The molecule has 92 valence electrons. The lowest BCUT2D eigenvalue weighted by Crippen LogP contribution is -2.25. The number of carbonyl (C=O) groups is 1. The van der Waals surface area contributed by atoms with Gasteiger partial charge in [0.2, 0.25) is 0 Å². The van der Waals surface area contributed by atoms with Crippen molar-refractivity contribution in [3.05, 3.63) is 0 Å². The minimum atomic E-state index is -0.771. The molecule has 3 atom stereocenters. The van der Waals surface area contributed by atoms with Crippen molar-refractivity contribution in [1.82, 2.24) is 4.90 Å². The smallest absolute Gasteiger partial charge is 0.303 e. The minimum absolute atomic E-state index is 0.0352. The fourth-order valence-electron chi connectivity index (χ4n) is 2.34. The lowest BCUT2D eigenvalue weighted by molar-refractivity contribution is -0.138. The predicted octanol–water partition coefficient (Wildman–Crippen LogP) is 0.544. The van der Waals surface area contributed by atoms with Gasteiger partial charge in [0.25, 0.3) is 0 Å². The Morgan fingerprint density at radius 1 is 1.56 bits per heavy atom. The summed E-state index contributed by atoms with van der Waals surface area (Å²) in [4.78, 5) is 12.7. The van der Waals surface area contributed by atoms with Crippen molar-refractivity contribution in [2.45, 2.75) is 31.7 Å². The van der Waals surface area contributed by atoms with Gasteiger partial charge in [-0.2, -0.15) is 0 Å². The van der Waals surface area contributed by atoms with E-state index in [2.05, 4.69) is 11.9 Å². The Bertz CT molecular complexity index is 258. The summed E-state index contributed by atoms with van der Waals surface area (Å²) in [6.45, 7) is 2.64. The maximum absolute atomic E-state index is 10.4. The van der Waals surface area contributed by atoms with Crippen LogP contribution < -0.4 is 0 Å². The molecule has 2 saturated heterocycles. The Morgan fingerprint density at radius 3 is 3.00 bits per heavy atom. The molecular weight excluding hydrogens is 210 g/mol. The molecule has 2 aliphatic rings. The SMILES string of the molecule is CN1CCC(C2OCC(CCC(=O)O)O2)C1. The molecule has 3 unspecified atom stereocenters. The van der Waals surface area contributed by atoms with Crippen LogP contribution in [0.15, 0.2) is 0 Å². The van der Waals surface area contributed by atoms with Crippen LogP contribution in [0.2, 0.25) is 0 Å². The summed E-state index contributed by atoms with van der Waals surface area (Å²) in [5.74, 6) is -0.326. The van der Waals surface area contributed by atoms with Crippen LogP contribution in [0.1, 0.15) is 19.3 Å². The Morgan fingerprint density at radius 2 is 2.38 bits per heavy atom. The first-order chi connectivity index (χ1) is 7.65. The molecule has 0 bridgehead atoms. The molecule has 16 heavy (non-hydrogen) atoms. The van der Waals surface area contributed by atoms with E-state index in [9.17, 15) is 4.79 Å². The van der Waals surface area contributed by atoms with Crippen LogP contribution in [0.4, 0.5) is 0 Å². The molecule has 1 N–H and O–H groups in total. The molecule has 0 aromatic rings. The summed E-state index contributed by atoms with van der Waals surface area (Å²) >= 11 is 0. The van der Waals surface area contributed by atoms with Gasteiger partial charge in [-0.25, -0.2) is 0 Å². The van der Waals surface area contributed by atoms with Crippen molar-refractivity contribution >= 4 is 5.97 Å². The maximum atomic E-state index is 10.4. The average Bonchev–Trinajstić information content (AvgIpc) is 2.83. The number of carboxylic acid groups (broad SMARTS) is 1. The van der Waals surface area contributed by atoms with Crippen LogP contribution in [-0.4, -0.2) is 55.1 Å². The van der Waals surface area contributed by atoms with E-state index in [0.29, 0.717) is 18.9 Å². The van der Waals surface area contributed by atoms with Crippen molar-refractivity contribution in [3.8, 4) is 0 Å². The number of hydrogen-bond acceptors (Lipinski definition) is 4. The topological polar surface area (TPSA) is 59.0 Å². The van der Waals surface area contributed by atoms with Gasteiger partial charge in [-0.3, -0.25) is 4.79 Å². The predicted molar refractivity (Wildman–Crippen MR) is 57.1 cm³/mol. The second kappa shape index (κ2) is 5.12. The third kappa shape index (κ3) is 2.93. The molecule has 0 amide bonds. The average molecular weight is 229 g/mol. The molecule has 0 spiro atoms. The molecule has 2 rings (SSSR count). The van der Waals surface area contributed by atoms with Crippen molar-refractivity contribution in [3.63, 3.8) is 0 Å². The lowest BCUT2D eigenvalue weighted by atomic mass is 10.1. The first kappa shape index (κ1) is 11.8. The minimum Gasteiger partial charge on any atom is -0.481 e. The molecule has 0 radical (unpaired) electrons. The van der Waals surface area contributed by atoms with Gasteiger partial charge in [-0.1, -0.05) is 0 Å². The van der Waals surface area contributed by atoms with Gasteiger partial charge in [0.05, 0.1) is 12.7 Å². The highest BCUT2D eigenvalue weighted by Gasteiger charge is 2.35. The molecule has 0 saturated carbocycles. The van der Waals surface area contributed by atoms with Crippen LogP contribution in [0.25, 0.3) is 0 Å². The van der Waals surface area contributed by atoms with Crippen molar-refractivity contribution in [2.75, 3.05) is 26.7 Å². The third-order valence-electron chi connectivity index (χ3n) is 3.27. The Balaban J connectivity index is 1.73. The third-order valence-corrected chi connectivity index (χ3v) is 3.27.